The molecule has 1 amide bonds. The Morgan fingerprint density at radius 1 is 1.22 bits per heavy atom. The van der Waals surface area contributed by atoms with Crippen molar-refractivity contribution in [3.63, 3.8) is 0 Å². The van der Waals surface area contributed by atoms with Crippen LogP contribution in [-0.2, 0) is 4.79 Å². The van der Waals surface area contributed by atoms with E-state index in [9.17, 15) is 4.79 Å². The van der Waals surface area contributed by atoms with Crippen molar-refractivity contribution in [1.82, 2.24) is 4.98 Å². The van der Waals surface area contributed by atoms with E-state index in [1.165, 1.54) is 0 Å². The summed E-state index contributed by atoms with van der Waals surface area (Å²) in [6, 6.07) is 7.52. The first-order valence-electron chi connectivity index (χ1n) is 7.70. The molecule has 3 N–H and O–H groups in total. The normalized spacial score (nSPS) is 16.4. The number of nitrogens with two attached hydrogens (primary N) is 1. The van der Waals surface area contributed by atoms with Gasteiger partial charge in [0.05, 0.1) is 11.7 Å². The molecule has 1 aromatic heterocycles. The van der Waals surface area contributed by atoms with E-state index >= 15 is 0 Å². The van der Waals surface area contributed by atoms with Crippen molar-refractivity contribution in [2.45, 2.75) is 44.6 Å². The van der Waals surface area contributed by atoms with Crippen molar-refractivity contribution in [2.24, 2.45) is 5.73 Å². The zero-order chi connectivity index (χ0) is 15.6. The minimum absolute atomic E-state index is 0. The number of aryl methyl sites for hydroxylation is 1. The number of rotatable bonds is 3. The van der Waals surface area contributed by atoms with Gasteiger partial charge in [-0.15, -0.1) is 12.4 Å². The van der Waals surface area contributed by atoms with E-state index in [2.05, 4.69) is 10.3 Å². The standard InChI is InChI=1S/C17H21N3O2.ClH/c1-12-19-11-15(22-12)13-5-7-14(8-6-13)20-16(21)17(18)9-3-2-4-10-17;/h5-8,11H,2-4,9-10,18H2,1H3,(H,20,21);1H. The summed E-state index contributed by atoms with van der Waals surface area (Å²) >= 11 is 0. The van der Waals surface area contributed by atoms with E-state index in [0.29, 0.717) is 5.89 Å². The Balaban J connectivity index is 0.00000192. The zero-order valence-electron chi connectivity index (χ0n) is 13.2. The minimum atomic E-state index is -0.723. The minimum Gasteiger partial charge on any atom is -0.441 e. The molecule has 0 saturated heterocycles. The fourth-order valence-corrected chi connectivity index (χ4v) is 2.88. The van der Waals surface area contributed by atoms with Gasteiger partial charge in [0.2, 0.25) is 5.91 Å². The van der Waals surface area contributed by atoms with E-state index in [1.807, 2.05) is 31.2 Å². The number of nitrogens with one attached hydrogen (secondary N) is 1. The third-order valence-electron chi connectivity index (χ3n) is 4.25. The molecule has 6 heteroatoms. The largest absolute Gasteiger partial charge is 0.441 e. The molecule has 1 aromatic carbocycles. The highest BCUT2D eigenvalue weighted by atomic mass is 35.5. The third kappa shape index (κ3) is 3.92. The Hall–Kier alpha value is -1.85. The Morgan fingerprint density at radius 2 is 1.87 bits per heavy atom. The van der Waals surface area contributed by atoms with E-state index in [-0.39, 0.29) is 18.3 Å². The molecule has 1 aliphatic carbocycles. The lowest BCUT2D eigenvalue weighted by molar-refractivity contribution is -0.122. The number of anilines is 1. The van der Waals surface area contributed by atoms with Crippen LogP contribution in [0.25, 0.3) is 11.3 Å². The number of carbonyl (C=O) groups excluding carboxylic acids is 1. The first-order valence-corrected chi connectivity index (χ1v) is 7.70. The van der Waals surface area contributed by atoms with Gasteiger partial charge < -0.3 is 15.5 Å². The maximum absolute atomic E-state index is 12.4. The van der Waals surface area contributed by atoms with Crippen molar-refractivity contribution in [2.75, 3.05) is 5.32 Å². The highest BCUT2D eigenvalue weighted by molar-refractivity contribution is 5.98. The van der Waals surface area contributed by atoms with Crippen LogP contribution in [0.1, 0.15) is 38.0 Å². The molecule has 0 spiro atoms. The number of aromatic nitrogens is 1. The molecule has 1 aliphatic rings. The number of hydrogen-bond acceptors (Lipinski definition) is 4. The monoisotopic (exact) mass is 335 g/mol. The van der Waals surface area contributed by atoms with Crippen molar-refractivity contribution in [3.05, 3.63) is 36.4 Å². The molecule has 1 heterocycles. The summed E-state index contributed by atoms with van der Waals surface area (Å²) in [4.78, 5) is 16.5. The van der Waals surface area contributed by atoms with Crippen molar-refractivity contribution in [3.8, 4) is 11.3 Å². The average molecular weight is 336 g/mol. The van der Waals surface area contributed by atoms with Crippen LogP contribution in [0.3, 0.4) is 0 Å². The average Bonchev–Trinajstić information content (AvgIpc) is 2.95. The Morgan fingerprint density at radius 3 is 2.43 bits per heavy atom. The smallest absolute Gasteiger partial charge is 0.244 e. The van der Waals surface area contributed by atoms with E-state index < -0.39 is 5.54 Å². The number of nitrogens with zero attached hydrogens (tertiary/aromatic N) is 1. The Kier molecular flexibility index (Phi) is 5.44. The van der Waals surface area contributed by atoms with Gasteiger partial charge in [-0.05, 0) is 37.1 Å². The van der Waals surface area contributed by atoms with Gasteiger partial charge in [-0.1, -0.05) is 19.3 Å². The first kappa shape index (κ1) is 17.5. The summed E-state index contributed by atoms with van der Waals surface area (Å²) in [5, 5.41) is 2.93. The highest BCUT2D eigenvalue weighted by Gasteiger charge is 2.35. The van der Waals surface area contributed by atoms with Crippen LogP contribution in [0.2, 0.25) is 0 Å². The Bertz CT molecular complexity index is 661. The molecule has 0 radical (unpaired) electrons. The van der Waals surface area contributed by atoms with E-state index in [1.54, 1.807) is 6.20 Å². The van der Waals surface area contributed by atoms with E-state index in [0.717, 1.165) is 49.1 Å². The summed E-state index contributed by atoms with van der Waals surface area (Å²) in [6.07, 6.45) is 6.42. The number of carbonyl (C=O) groups is 1. The second-order valence-electron chi connectivity index (χ2n) is 5.99. The van der Waals surface area contributed by atoms with Gasteiger partial charge in [0.15, 0.2) is 11.7 Å². The van der Waals surface area contributed by atoms with Crippen LogP contribution in [0.15, 0.2) is 34.9 Å². The summed E-state index contributed by atoms with van der Waals surface area (Å²) in [5.74, 6) is 1.27. The Labute approximate surface area is 142 Å². The van der Waals surface area contributed by atoms with Crippen LogP contribution in [0.4, 0.5) is 5.69 Å². The lowest BCUT2D eigenvalue weighted by Gasteiger charge is -2.31. The number of oxazole rings is 1. The molecule has 1 saturated carbocycles. The highest BCUT2D eigenvalue weighted by Crippen LogP contribution is 2.28. The number of halogens is 1. The van der Waals surface area contributed by atoms with Crippen LogP contribution >= 0.6 is 12.4 Å². The molecule has 3 rings (SSSR count). The second-order valence-corrected chi connectivity index (χ2v) is 5.99. The molecular weight excluding hydrogens is 314 g/mol. The van der Waals surface area contributed by atoms with Crippen LogP contribution in [0.5, 0.6) is 0 Å². The summed E-state index contributed by atoms with van der Waals surface area (Å²) < 4.78 is 5.48. The zero-order valence-corrected chi connectivity index (χ0v) is 14.0. The fourth-order valence-electron chi connectivity index (χ4n) is 2.88. The lowest BCUT2D eigenvalue weighted by Crippen LogP contribution is -2.52. The van der Waals surface area contributed by atoms with Gasteiger partial charge in [0, 0.05) is 18.2 Å². The van der Waals surface area contributed by atoms with Crippen LogP contribution in [-0.4, -0.2) is 16.4 Å². The van der Waals surface area contributed by atoms with Gasteiger partial charge in [0.25, 0.3) is 0 Å². The predicted octanol–water partition coefficient (Wildman–Crippen LogP) is 3.67. The molecule has 0 aliphatic heterocycles. The molecule has 2 aromatic rings. The quantitative estimate of drug-likeness (QED) is 0.896. The van der Waals surface area contributed by atoms with Crippen LogP contribution < -0.4 is 11.1 Å². The fraction of sp³-hybridized carbons (Fsp3) is 0.412. The molecule has 0 atom stereocenters. The van der Waals surface area contributed by atoms with Crippen molar-refractivity contribution >= 4 is 24.0 Å². The topological polar surface area (TPSA) is 81.2 Å². The van der Waals surface area contributed by atoms with Crippen molar-refractivity contribution < 1.29 is 9.21 Å². The molecule has 1 fully saturated rings. The molecule has 124 valence electrons. The molecule has 5 nitrogen and oxygen atoms in total. The van der Waals surface area contributed by atoms with E-state index in [4.69, 9.17) is 10.2 Å². The van der Waals surface area contributed by atoms with Gasteiger partial charge in [-0.25, -0.2) is 4.98 Å². The first-order chi connectivity index (χ1) is 10.6. The summed E-state index contributed by atoms with van der Waals surface area (Å²) in [7, 11) is 0. The number of benzene rings is 1. The third-order valence-corrected chi connectivity index (χ3v) is 4.25. The molecule has 0 bridgehead atoms. The number of hydrogen-bond donors (Lipinski definition) is 2. The van der Waals surface area contributed by atoms with Gasteiger partial charge >= 0.3 is 0 Å². The van der Waals surface area contributed by atoms with Gasteiger partial charge in [-0.2, -0.15) is 0 Å². The molecule has 0 unspecified atom stereocenters. The lowest BCUT2D eigenvalue weighted by atomic mass is 9.82. The maximum Gasteiger partial charge on any atom is 0.244 e. The SMILES string of the molecule is Cc1ncc(-c2ccc(NC(=O)C3(N)CCCCC3)cc2)o1.Cl. The number of amides is 1. The molecular formula is C17H22ClN3O2. The summed E-state index contributed by atoms with van der Waals surface area (Å²) in [6.45, 7) is 1.81. The molecule has 23 heavy (non-hydrogen) atoms. The maximum atomic E-state index is 12.4. The summed E-state index contributed by atoms with van der Waals surface area (Å²) in [5.41, 5.74) is 7.20. The van der Waals surface area contributed by atoms with Gasteiger partial charge in [-0.3, -0.25) is 4.79 Å². The van der Waals surface area contributed by atoms with Crippen molar-refractivity contribution in [1.29, 1.82) is 0 Å². The predicted molar refractivity (Wildman–Crippen MR) is 92.6 cm³/mol. The second kappa shape index (κ2) is 7.15. The van der Waals surface area contributed by atoms with Crippen LogP contribution in [0, 0.1) is 6.92 Å². The van der Waals surface area contributed by atoms with Gasteiger partial charge in [0.1, 0.15) is 0 Å².